The summed E-state index contributed by atoms with van der Waals surface area (Å²) in [5.74, 6) is 0. The molecule has 0 aliphatic carbocycles. The van der Waals surface area contributed by atoms with E-state index in [1.54, 1.807) is 11.3 Å². The lowest BCUT2D eigenvalue weighted by Crippen LogP contribution is -1.91. The summed E-state index contributed by atoms with van der Waals surface area (Å²) in [6.07, 6.45) is 3.73. The van der Waals surface area contributed by atoms with Crippen molar-refractivity contribution < 1.29 is 0 Å². The third-order valence-corrected chi connectivity index (χ3v) is 8.20. The first-order chi connectivity index (χ1) is 14.8. The second-order valence-corrected chi connectivity index (χ2v) is 10.6. The lowest BCUT2D eigenvalue weighted by molar-refractivity contribution is 1.18. The number of pyridine rings is 1. The third-order valence-electron chi connectivity index (χ3n) is 5.24. The summed E-state index contributed by atoms with van der Waals surface area (Å²) in [4.78, 5) is 5.55. The Morgan fingerprint density at radius 3 is 2.30 bits per heavy atom. The minimum Gasteiger partial charge on any atom is -0.307 e. The van der Waals surface area contributed by atoms with Crippen LogP contribution in [0.5, 0.6) is 0 Å². The van der Waals surface area contributed by atoms with Crippen LogP contribution in [-0.2, 0) is 0 Å². The summed E-state index contributed by atoms with van der Waals surface area (Å²) >= 11 is 7.36. The number of para-hydroxylation sites is 1. The Balaban J connectivity index is 1.56. The molecule has 0 spiro atoms. The lowest BCUT2D eigenvalue weighted by Gasteiger charge is -2.06. The molecule has 0 N–H and O–H groups in total. The van der Waals surface area contributed by atoms with Crippen LogP contribution in [0, 0.1) is 0 Å². The number of rotatable bonds is 3. The molecule has 6 aromatic rings. The van der Waals surface area contributed by atoms with Gasteiger partial charge in [0.25, 0.3) is 0 Å². The molecule has 0 bridgehead atoms. The summed E-state index contributed by atoms with van der Waals surface area (Å²) in [5, 5.41) is 0. The van der Waals surface area contributed by atoms with Crippen LogP contribution in [0.1, 0.15) is 0 Å². The highest BCUT2D eigenvalue weighted by atomic mass is 79.9. The number of halogens is 1. The van der Waals surface area contributed by atoms with Gasteiger partial charge in [-0.2, -0.15) is 0 Å². The van der Waals surface area contributed by atoms with E-state index in [1.807, 2.05) is 29.8 Å². The Kier molecular flexibility index (Phi) is 4.34. The normalized spacial score (nSPS) is 11.5. The summed E-state index contributed by atoms with van der Waals surface area (Å²) in [7, 11) is 0. The van der Waals surface area contributed by atoms with Gasteiger partial charge in [-0.3, -0.25) is 4.98 Å². The molecule has 0 aliphatic heterocycles. The van der Waals surface area contributed by atoms with Crippen molar-refractivity contribution in [2.24, 2.45) is 0 Å². The van der Waals surface area contributed by atoms with Crippen molar-refractivity contribution in [1.29, 1.82) is 0 Å². The van der Waals surface area contributed by atoms with E-state index in [1.165, 1.54) is 42.1 Å². The molecule has 0 aliphatic rings. The SMILES string of the molecule is Brc1cc2c(s1)c1sc(-c3cccc(-c4cccnc4)c3)cc1n2-c1ccccc1. The molecule has 2 nitrogen and oxygen atoms in total. The van der Waals surface area contributed by atoms with Crippen molar-refractivity contribution in [3.05, 3.63) is 95.0 Å². The van der Waals surface area contributed by atoms with E-state index in [0.717, 1.165) is 9.35 Å². The van der Waals surface area contributed by atoms with Crippen LogP contribution in [-0.4, -0.2) is 9.55 Å². The van der Waals surface area contributed by atoms with Gasteiger partial charge in [-0.15, -0.1) is 22.7 Å². The highest BCUT2D eigenvalue weighted by Crippen LogP contribution is 2.45. The maximum absolute atomic E-state index is 4.27. The summed E-state index contributed by atoms with van der Waals surface area (Å²) in [6.45, 7) is 0. The molecular weight excluding hydrogens is 472 g/mol. The van der Waals surface area contributed by atoms with Gasteiger partial charge < -0.3 is 4.57 Å². The Morgan fingerprint density at radius 2 is 1.47 bits per heavy atom. The fraction of sp³-hybridized carbons (Fsp3) is 0. The van der Waals surface area contributed by atoms with E-state index in [2.05, 4.69) is 98.3 Å². The zero-order chi connectivity index (χ0) is 20.1. The minimum absolute atomic E-state index is 1.14. The molecular formula is C25H15BrN2S2. The van der Waals surface area contributed by atoms with Crippen molar-refractivity contribution in [2.75, 3.05) is 0 Å². The lowest BCUT2D eigenvalue weighted by atomic mass is 10.0. The molecule has 0 saturated carbocycles. The van der Waals surface area contributed by atoms with Gasteiger partial charge in [0, 0.05) is 28.5 Å². The molecule has 4 heterocycles. The van der Waals surface area contributed by atoms with Gasteiger partial charge in [0.05, 0.1) is 24.2 Å². The minimum atomic E-state index is 1.14. The molecule has 0 atom stereocenters. The second-order valence-electron chi connectivity index (χ2n) is 7.08. The van der Waals surface area contributed by atoms with E-state index in [-0.39, 0.29) is 0 Å². The van der Waals surface area contributed by atoms with Gasteiger partial charge in [0.15, 0.2) is 0 Å². The quantitative estimate of drug-likeness (QED) is 0.245. The zero-order valence-electron chi connectivity index (χ0n) is 15.7. The first kappa shape index (κ1) is 18.1. The van der Waals surface area contributed by atoms with Gasteiger partial charge >= 0.3 is 0 Å². The summed E-state index contributed by atoms with van der Waals surface area (Å²) in [6, 6.07) is 28.0. The maximum Gasteiger partial charge on any atom is 0.0727 e. The third kappa shape index (κ3) is 2.93. The fourth-order valence-corrected chi connectivity index (χ4v) is 6.76. The molecule has 0 saturated heterocycles. The monoisotopic (exact) mass is 486 g/mol. The van der Waals surface area contributed by atoms with Crippen LogP contribution in [0.15, 0.2) is 95.0 Å². The Hall–Kier alpha value is -2.73. The van der Waals surface area contributed by atoms with Crippen LogP contribution < -0.4 is 0 Å². The van der Waals surface area contributed by atoms with E-state index >= 15 is 0 Å². The van der Waals surface area contributed by atoms with E-state index < -0.39 is 0 Å². The number of benzene rings is 2. The van der Waals surface area contributed by atoms with Crippen molar-refractivity contribution in [1.82, 2.24) is 9.55 Å². The topological polar surface area (TPSA) is 17.8 Å². The summed E-state index contributed by atoms with van der Waals surface area (Å²) in [5.41, 5.74) is 7.28. The van der Waals surface area contributed by atoms with Gasteiger partial charge in [-0.05, 0) is 63.5 Å². The molecule has 4 aromatic heterocycles. The number of hydrogen-bond donors (Lipinski definition) is 0. The highest BCUT2D eigenvalue weighted by Gasteiger charge is 2.18. The largest absolute Gasteiger partial charge is 0.307 e. The zero-order valence-corrected chi connectivity index (χ0v) is 19.0. The molecule has 30 heavy (non-hydrogen) atoms. The first-order valence-corrected chi connectivity index (χ1v) is 12.0. The Morgan fingerprint density at radius 1 is 0.700 bits per heavy atom. The fourth-order valence-electron chi connectivity index (χ4n) is 3.90. The Labute approximate surface area is 190 Å². The van der Waals surface area contributed by atoms with Gasteiger partial charge in [0.1, 0.15) is 0 Å². The van der Waals surface area contributed by atoms with Crippen molar-refractivity contribution in [3.8, 4) is 27.3 Å². The van der Waals surface area contributed by atoms with E-state index in [9.17, 15) is 0 Å². The number of nitrogens with zero attached hydrogens (tertiary/aromatic N) is 2. The number of aromatic nitrogens is 2. The second kappa shape index (κ2) is 7.20. The van der Waals surface area contributed by atoms with E-state index in [0.29, 0.717) is 0 Å². The van der Waals surface area contributed by atoms with Crippen LogP contribution >= 0.6 is 38.6 Å². The van der Waals surface area contributed by atoms with Crippen LogP contribution in [0.4, 0.5) is 0 Å². The average molecular weight is 487 g/mol. The smallest absolute Gasteiger partial charge is 0.0727 e. The number of thiophene rings is 2. The molecule has 6 rings (SSSR count). The molecule has 0 unspecified atom stereocenters. The van der Waals surface area contributed by atoms with Crippen molar-refractivity contribution in [3.63, 3.8) is 0 Å². The molecule has 0 radical (unpaired) electrons. The van der Waals surface area contributed by atoms with Crippen molar-refractivity contribution >= 4 is 59.0 Å². The molecule has 2 aromatic carbocycles. The summed E-state index contributed by atoms with van der Waals surface area (Å²) < 4.78 is 6.20. The molecule has 0 amide bonds. The van der Waals surface area contributed by atoms with Gasteiger partial charge in [0.2, 0.25) is 0 Å². The van der Waals surface area contributed by atoms with Gasteiger partial charge in [-0.1, -0.05) is 42.5 Å². The highest BCUT2D eigenvalue weighted by molar-refractivity contribution is 9.11. The predicted octanol–water partition coefficient (Wildman–Crippen LogP) is 8.40. The van der Waals surface area contributed by atoms with E-state index in [4.69, 9.17) is 0 Å². The number of fused-ring (bicyclic) bond motifs is 3. The van der Waals surface area contributed by atoms with Crippen LogP contribution in [0.2, 0.25) is 0 Å². The number of hydrogen-bond acceptors (Lipinski definition) is 3. The van der Waals surface area contributed by atoms with Crippen molar-refractivity contribution in [2.45, 2.75) is 0 Å². The van der Waals surface area contributed by atoms with Crippen LogP contribution in [0.25, 0.3) is 47.7 Å². The van der Waals surface area contributed by atoms with Crippen LogP contribution in [0.3, 0.4) is 0 Å². The molecule has 144 valence electrons. The van der Waals surface area contributed by atoms with Gasteiger partial charge in [-0.25, -0.2) is 0 Å². The Bertz CT molecular complexity index is 1490. The maximum atomic E-state index is 4.27. The predicted molar refractivity (Wildman–Crippen MR) is 133 cm³/mol. The molecule has 0 fully saturated rings. The average Bonchev–Trinajstić information content (AvgIpc) is 3.45. The standard InChI is InChI=1S/C25H15BrN2S2/c26-23-14-21-25(30-23)24-20(28(21)19-9-2-1-3-10-19)13-22(29-24)17-7-4-6-16(12-17)18-8-5-11-27-15-18/h1-15H. The molecule has 5 heteroatoms. The first-order valence-electron chi connectivity index (χ1n) is 9.57.